The number of anilines is 1. The van der Waals surface area contributed by atoms with E-state index in [-0.39, 0.29) is 11.9 Å². The number of amides is 1. The molecule has 1 aromatic carbocycles. The molecule has 1 aromatic heterocycles. The van der Waals surface area contributed by atoms with Crippen LogP contribution in [0, 0.1) is 0 Å². The summed E-state index contributed by atoms with van der Waals surface area (Å²) < 4.78 is 6.08. The van der Waals surface area contributed by atoms with Crippen LogP contribution in [0.2, 0.25) is 0 Å². The van der Waals surface area contributed by atoms with Crippen LogP contribution in [0.3, 0.4) is 0 Å². The summed E-state index contributed by atoms with van der Waals surface area (Å²) in [5.41, 5.74) is 3.12. The van der Waals surface area contributed by atoms with E-state index in [0.717, 1.165) is 44.0 Å². The first-order valence-corrected chi connectivity index (χ1v) is 11.7. The Bertz CT molecular complexity index is 950. The fourth-order valence-electron chi connectivity index (χ4n) is 4.19. The van der Waals surface area contributed by atoms with Gasteiger partial charge in [-0.3, -0.25) is 9.69 Å². The average Bonchev–Trinajstić information content (AvgIpc) is 3.16. The third kappa shape index (κ3) is 4.22. The Kier molecular flexibility index (Phi) is 6.09. The van der Waals surface area contributed by atoms with Gasteiger partial charge in [-0.25, -0.2) is 0 Å². The minimum atomic E-state index is -0.103. The Hall–Kier alpha value is -2.03. The van der Waals surface area contributed by atoms with Gasteiger partial charge < -0.3 is 19.5 Å². The summed E-state index contributed by atoms with van der Waals surface area (Å²) >= 11 is 1.60. The van der Waals surface area contributed by atoms with Crippen LogP contribution in [-0.4, -0.2) is 85.8 Å². The van der Waals surface area contributed by atoms with Gasteiger partial charge in [-0.05, 0) is 51.4 Å². The number of benzene rings is 1. The maximum atomic E-state index is 13.2. The van der Waals surface area contributed by atoms with Crippen LogP contribution in [0.25, 0.3) is 11.1 Å². The third-order valence-electron chi connectivity index (χ3n) is 6.12. The number of carbonyl (C=O) groups is 1. The first kappa shape index (κ1) is 21.2. The van der Waals surface area contributed by atoms with E-state index in [9.17, 15) is 4.79 Å². The molecule has 3 heterocycles. The number of carbonyl (C=O) groups excluding carboxylic acids is 1. The number of rotatable bonds is 6. The van der Waals surface area contributed by atoms with Gasteiger partial charge in [0.25, 0.3) is 11.9 Å². The molecule has 2 saturated heterocycles. The van der Waals surface area contributed by atoms with E-state index in [1.807, 2.05) is 25.3 Å². The van der Waals surface area contributed by atoms with Gasteiger partial charge in [-0.2, -0.15) is 4.98 Å². The molecular formula is C22H31N5O2S. The van der Waals surface area contributed by atoms with Gasteiger partial charge in [0, 0.05) is 49.7 Å². The first-order valence-electron chi connectivity index (χ1n) is 10.5. The van der Waals surface area contributed by atoms with E-state index in [1.165, 1.54) is 5.57 Å². The average molecular weight is 430 g/mol. The van der Waals surface area contributed by atoms with E-state index in [0.29, 0.717) is 28.7 Å². The number of thioether (sulfide) groups is 1. The molecule has 2 aromatic rings. The number of hydrogen-bond donors (Lipinski definition) is 1. The molecule has 1 N–H and O–H groups in total. The summed E-state index contributed by atoms with van der Waals surface area (Å²) in [5, 5.41) is 3.16. The van der Waals surface area contributed by atoms with Crippen LogP contribution in [0.5, 0.6) is 0 Å². The van der Waals surface area contributed by atoms with Crippen LogP contribution < -0.4 is 10.2 Å². The summed E-state index contributed by atoms with van der Waals surface area (Å²) in [6.07, 6.45) is 2.86. The van der Waals surface area contributed by atoms with Crippen molar-refractivity contribution in [3.05, 3.63) is 29.8 Å². The van der Waals surface area contributed by atoms with Crippen molar-refractivity contribution < 1.29 is 9.21 Å². The number of hydrogen-bond acceptors (Lipinski definition) is 7. The monoisotopic (exact) mass is 429 g/mol. The van der Waals surface area contributed by atoms with Crippen molar-refractivity contribution >= 4 is 34.8 Å². The lowest BCUT2D eigenvalue weighted by Crippen LogP contribution is -2.50. The maximum Gasteiger partial charge on any atom is 0.298 e. The molecule has 2 fully saturated rings. The molecule has 8 heteroatoms. The first-order chi connectivity index (χ1) is 14.4. The highest BCUT2D eigenvalue weighted by molar-refractivity contribution is 7.98. The van der Waals surface area contributed by atoms with Crippen LogP contribution in [0.1, 0.15) is 23.7 Å². The predicted octanol–water partition coefficient (Wildman–Crippen LogP) is 2.68. The van der Waals surface area contributed by atoms with E-state index in [2.05, 4.69) is 40.7 Å². The predicted molar refractivity (Wildman–Crippen MR) is 123 cm³/mol. The zero-order chi connectivity index (χ0) is 21.4. The Morgan fingerprint density at radius 3 is 2.70 bits per heavy atom. The normalized spacial score (nSPS) is 21.7. The smallest absolute Gasteiger partial charge is 0.298 e. The van der Waals surface area contributed by atoms with Crippen LogP contribution in [0.15, 0.2) is 33.6 Å². The van der Waals surface area contributed by atoms with Gasteiger partial charge in [0.15, 0.2) is 5.58 Å². The van der Waals surface area contributed by atoms with Crippen LogP contribution >= 0.6 is 11.8 Å². The molecule has 2 aliphatic rings. The van der Waals surface area contributed by atoms with Gasteiger partial charge in [-0.1, -0.05) is 6.58 Å². The highest BCUT2D eigenvalue weighted by Gasteiger charge is 2.30. The molecule has 162 valence electrons. The Morgan fingerprint density at radius 1 is 1.33 bits per heavy atom. The Morgan fingerprint density at radius 2 is 2.07 bits per heavy atom. The molecule has 0 saturated carbocycles. The van der Waals surface area contributed by atoms with E-state index in [1.54, 1.807) is 11.8 Å². The number of fused-ring (bicyclic) bond motifs is 1. The summed E-state index contributed by atoms with van der Waals surface area (Å²) in [5.74, 6) is -0.103. The minimum absolute atomic E-state index is 0.0407. The van der Waals surface area contributed by atoms with Crippen molar-refractivity contribution in [1.82, 2.24) is 20.1 Å². The largest absolute Gasteiger partial charge is 0.423 e. The number of aromatic nitrogens is 1. The number of nitrogens with zero attached hydrogens (tertiary/aromatic N) is 4. The summed E-state index contributed by atoms with van der Waals surface area (Å²) in [6, 6.07) is 4.87. The number of nitrogens with one attached hydrogen (secondary N) is 1. The lowest BCUT2D eigenvalue weighted by molar-refractivity contribution is 0.0927. The van der Waals surface area contributed by atoms with Gasteiger partial charge >= 0.3 is 0 Å². The third-order valence-corrected chi connectivity index (χ3v) is 6.83. The van der Waals surface area contributed by atoms with Crippen molar-refractivity contribution in [2.45, 2.75) is 30.3 Å². The number of likely N-dealkylation sites (tertiary alicyclic amines) is 1. The summed E-state index contributed by atoms with van der Waals surface area (Å²) in [4.78, 5) is 25.6. The highest BCUT2D eigenvalue weighted by atomic mass is 32.2. The molecule has 1 amide bonds. The molecule has 7 nitrogen and oxygen atoms in total. The lowest BCUT2D eigenvalue weighted by atomic mass is 9.92. The van der Waals surface area contributed by atoms with Crippen LogP contribution in [-0.2, 0) is 0 Å². The van der Waals surface area contributed by atoms with E-state index < -0.39 is 0 Å². The second kappa shape index (κ2) is 8.61. The van der Waals surface area contributed by atoms with E-state index in [4.69, 9.17) is 9.40 Å². The quantitative estimate of drug-likeness (QED) is 0.559. The number of likely N-dealkylation sites (N-methyl/N-ethyl adjacent to an activating group) is 2. The standard InChI is InChI=1S/C22H31N5O2S/c1-14-13-26(4)18(14)10-15(2)23-21(28)17-11-16(30-5)12-19-20(17)24-22(29-19)27-8-6-25(3)7-9-27/h11-12,15,18H,1,6-10,13H2,2-5H3,(H,23,28). The van der Waals surface area contributed by atoms with Crippen molar-refractivity contribution in [2.75, 3.05) is 58.0 Å². The van der Waals surface area contributed by atoms with Gasteiger partial charge in [0.2, 0.25) is 0 Å². The van der Waals surface area contributed by atoms with Gasteiger partial charge in [0.05, 0.1) is 5.56 Å². The minimum Gasteiger partial charge on any atom is -0.423 e. The molecule has 0 aliphatic carbocycles. The van der Waals surface area contributed by atoms with Crippen LogP contribution in [0.4, 0.5) is 6.01 Å². The molecule has 0 radical (unpaired) electrons. The molecule has 2 aliphatic heterocycles. The zero-order valence-electron chi connectivity index (χ0n) is 18.3. The number of piperazine rings is 1. The van der Waals surface area contributed by atoms with Crippen molar-refractivity contribution in [2.24, 2.45) is 0 Å². The number of oxazole rings is 1. The highest BCUT2D eigenvalue weighted by Crippen LogP contribution is 2.30. The van der Waals surface area contributed by atoms with Crippen molar-refractivity contribution in [3.63, 3.8) is 0 Å². The van der Waals surface area contributed by atoms with Crippen molar-refractivity contribution in [1.29, 1.82) is 0 Å². The molecule has 4 rings (SSSR count). The second-order valence-electron chi connectivity index (χ2n) is 8.51. The summed E-state index contributed by atoms with van der Waals surface area (Å²) in [6.45, 7) is 10.8. The Balaban J connectivity index is 1.55. The van der Waals surface area contributed by atoms with Gasteiger partial charge in [0.1, 0.15) is 5.52 Å². The van der Waals surface area contributed by atoms with Gasteiger partial charge in [-0.15, -0.1) is 11.8 Å². The molecular weight excluding hydrogens is 398 g/mol. The van der Waals surface area contributed by atoms with Crippen molar-refractivity contribution in [3.8, 4) is 0 Å². The molecule has 0 bridgehead atoms. The van der Waals surface area contributed by atoms with E-state index >= 15 is 0 Å². The molecule has 0 spiro atoms. The molecule has 30 heavy (non-hydrogen) atoms. The topological polar surface area (TPSA) is 64.9 Å². The lowest BCUT2D eigenvalue weighted by Gasteiger charge is -2.41. The molecule has 2 unspecified atom stereocenters. The second-order valence-corrected chi connectivity index (χ2v) is 9.39. The SMILES string of the molecule is C=C1CN(C)C1CC(C)NC(=O)c1cc(SC)cc2oc(N3CCN(C)CC3)nc12. The fraction of sp³-hybridized carbons (Fsp3) is 0.545. The summed E-state index contributed by atoms with van der Waals surface area (Å²) in [7, 11) is 4.21. The molecule has 2 atom stereocenters. The fourth-order valence-corrected chi connectivity index (χ4v) is 4.65. The zero-order valence-corrected chi connectivity index (χ0v) is 19.1. The maximum absolute atomic E-state index is 13.2. The Labute approximate surface area is 182 Å².